The number of carbonyl (C=O) groups is 1. The number of hydrogen-bond acceptors (Lipinski definition) is 5. The number of nitrogens with one attached hydrogen (secondary N) is 3. The van der Waals surface area contributed by atoms with E-state index in [1.165, 1.54) is 6.07 Å². The largest absolute Gasteiger partial charge is 0.384 e. The SMILES string of the molecule is Cc1cc(Br)ccc1NC(=O)CNc1c([N+](=O)[O-])ccc2c1CCN2. The van der Waals surface area contributed by atoms with Gasteiger partial charge in [-0.3, -0.25) is 14.9 Å². The zero-order valence-electron chi connectivity index (χ0n) is 13.6. The third-order valence-electron chi connectivity index (χ3n) is 4.07. The number of benzene rings is 2. The van der Waals surface area contributed by atoms with Crippen LogP contribution in [0.5, 0.6) is 0 Å². The fraction of sp³-hybridized carbons (Fsp3) is 0.235. The van der Waals surface area contributed by atoms with Gasteiger partial charge in [-0.1, -0.05) is 15.9 Å². The predicted molar refractivity (Wildman–Crippen MR) is 101 cm³/mol. The van der Waals surface area contributed by atoms with E-state index in [0.717, 1.165) is 27.8 Å². The Kier molecular flexibility index (Phi) is 4.89. The average Bonchev–Trinajstić information content (AvgIpc) is 3.03. The molecule has 1 amide bonds. The Balaban J connectivity index is 1.74. The number of nitro groups is 1. The Hall–Kier alpha value is -2.61. The van der Waals surface area contributed by atoms with Crippen LogP contribution in [0.25, 0.3) is 0 Å². The summed E-state index contributed by atoms with van der Waals surface area (Å²) in [7, 11) is 0. The van der Waals surface area contributed by atoms with Gasteiger partial charge in [0.2, 0.25) is 5.91 Å². The quantitative estimate of drug-likeness (QED) is 0.521. The van der Waals surface area contributed by atoms with Crippen LogP contribution in [0.4, 0.5) is 22.7 Å². The topological polar surface area (TPSA) is 96.3 Å². The van der Waals surface area contributed by atoms with Crippen LogP contribution in [0.3, 0.4) is 0 Å². The van der Waals surface area contributed by atoms with Crippen LogP contribution in [-0.4, -0.2) is 23.9 Å². The molecule has 0 radical (unpaired) electrons. The molecule has 0 aliphatic carbocycles. The lowest BCUT2D eigenvalue weighted by atomic mass is 10.1. The molecule has 7 nitrogen and oxygen atoms in total. The van der Waals surface area contributed by atoms with Gasteiger partial charge in [-0.05, 0) is 43.2 Å². The van der Waals surface area contributed by atoms with Crippen LogP contribution in [0.2, 0.25) is 0 Å². The van der Waals surface area contributed by atoms with Crippen molar-refractivity contribution in [2.75, 3.05) is 29.0 Å². The summed E-state index contributed by atoms with van der Waals surface area (Å²) in [5.41, 5.74) is 3.76. The van der Waals surface area contributed by atoms with E-state index in [2.05, 4.69) is 31.9 Å². The number of anilines is 3. The fourth-order valence-corrected chi connectivity index (χ4v) is 3.34. The van der Waals surface area contributed by atoms with Crippen LogP contribution < -0.4 is 16.0 Å². The molecule has 1 aliphatic heterocycles. The average molecular weight is 405 g/mol. The normalized spacial score (nSPS) is 12.2. The van der Waals surface area contributed by atoms with Crippen molar-refractivity contribution in [3.05, 3.63) is 56.0 Å². The fourth-order valence-electron chi connectivity index (χ4n) is 2.86. The first-order valence-electron chi connectivity index (χ1n) is 7.79. The molecule has 25 heavy (non-hydrogen) atoms. The van der Waals surface area contributed by atoms with Crippen LogP contribution in [0.15, 0.2) is 34.8 Å². The third-order valence-corrected chi connectivity index (χ3v) is 4.56. The lowest BCUT2D eigenvalue weighted by molar-refractivity contribution is -0.384. The summed E-state index contributed by atoms with van der Waals surface area (Å²) >= 11 is 3.38. The van der Waals surface area contributed by atoms with E-state index in [0.29, 0.717) is 17.8 Å². The summed E-state index contributed by atoms with van der Waals surface area (Å²) in [4.78, 5) is 23.1. The Morgan fingerprint density at radius 3 is 2.88 bits per heavy atom. The lowest BCUT2D eigenvalue weighted by Crippen LogP contribution is -2.23. The van der Waals surface area contributed by atoms with E-state index in [4.69, 9.17) is 0 Å². The molecule has 1 heterocycles. The molecule has 2 aromatic rings. The summed E-state index contributed by atoms with van der Waals surface area (Å²) in [6.07, 6.45) is 0.687. The number of nitrogens with zero attached hydrogens (tertiary/aromatic N) is 1. The van der Waals surface area contributed by atoms with E-state index in [-0.39, 0.29) is 18.1 Å². The molecule has 0 fully saturated rings. The molecule has 3 N–H and O–H groups in total. The minimum absolute atomic E-state index is 0.0185. The van der Waals surface area contributed by atoms with Crippen molar-refractivity contribution in [2.45, 2.75) is 13.3 Å². The van der Waals surface area contributed by atoms with Crippen LogP contribution in [0, 0.1) is 17.0 Å². The first-order chi connectivity index (χ1) is 12.0. The Morgan fingerprint density at radius 1 is 1.36 bits per heavy atom. The monoisotopic (exact) mass is 404 g/mol. The van der Waals surface area contributed by atoms with Crippen molar-refractivity contribution in [2.24, 2.45) is 0 Å². The molecule has 0 saturated heterocycles. The van der Waals surface area contributed by atoms with Crippen LogP contribution >= 0.6 is 15.9 Å². The zero-order valence-corrected chi connectivity index (χ0v) is 15.1. The molecule has 0 unspecified atom stereocenters. The minimum Gasteiger partial charge on any atom is -0.384 e. The van der Waals surface area contributed by atoms with Gasteiger partial charge in [0.05, 0.1) is 11.5 Å². The van der Waals surface area contributed by atoms with Crippen molar-refractivity contribution in [3.8, 4) is 0 Å². The van der Waals surface area contributed by atoms with Gasteiger partial charge in [-0.25, -0.2) is 0 Å². The van der Waals surface area contributed by atoms with Gasteiger partial charge in [0.25, 0.3) is 5.69 Å². The number of rotatable bonds is 5. The first kappa shape index (κ1) is 17.2. The maximum atomic E-state index is 12.2. The van der Waals surface area contributed by atoms with E-state index < -0.39 is 4.92 Å². The standard InChI is InChI=1S/C17H17BrN4O3/c1-10-8-11(18)2-3-13(10)21-16(23)9-20-17-12-6-7-19-14(12)4-5-15(17)22(24)25/h2-5,8,19-20H,6-7,9H2,1H3,(H,21,23). The molecule has 1 aliphatic rings. The number of amides is 1. The van der Waals surface area contributed by atoms with E-state index >= 15 is 0 Å². The number of aryl methyl sites for hydroxylation is 1. The number of carbonyl (C=O) groups excluding carboxylic acids is 1. The molecule has 3 rings (SSSR count). The number of halogens is 1. The van der Waals surface area contributed by atoms with Gasteiger partial charge in [-0.15, -0.1) is 0 Å². The van der Waals surface area contributed by atoms with Gasteiger partial charge in [0.15, 0.2) is 0 Å². The molecule has 8 heteroatoms. The first-order valence-corrected chi connectivity index (χ1v) is 8.59. The van der Waals surface area contributed by atoms with Crippen molar-refractivity contribution < 1.29 is 9.72 Å². The van der Waals surface area contributed by atoms with Gasteiger partial charge in [0, 0.05) is 34.0 Å². The Morgan fingerprint density at radius 2 is 2.16 bits per heavy atom. The molecule has 2 aromatic carbocycles. The number of nitro benzene ring substituents is 1. The third kappa shape index (κ3) is 3.74. The molecule has 0 aromatic heterocycles. The highest BCUT2D eigenvalue weighted by Crippen LogP contribution is 2.36. The van der Waals surface area contributed by atoms with Crippen molar-refractivity contribution in [3.63, 3.8) is 0 Å². The lowest BCUT2D eigenvalue weighted by Gasteiger charge is -2.13. The van der Waals surface area contributed by atoms with Crippen LogP contribution in [-0.2, 0) is 11.2 Å². The Labute approximate surface area is 153 Å². The van der Waals surface area contributed by atoms with Crippen molar-refractivity contribution in [1.29, 1.82) is 0 Å². The van der Waals surface area contributed by atoms with Crippen molar-refractivity contribution in [1.82, 2.24) is 0 Å². The smallest absolute Gasteiger partial charge is 0.292 e. The summed E-state index contributed by atoms with van der Waals surface area (Å²) in [5.74, 6) is -0.261. The van der Waals surface area contributed by atoms with Gasteiger partial charge in [-0.2, -0.15) is 0 Å². The predicted octanol–water partition coefficient (Wildman–Crippen LogP) is 3.68. The number of hydrogen-bond donors (Lipinski definition) is 3. The molecule has 0 spiro atoms. The highest BCUT2D eigenvalue weighted by Gasteiger charge is 2.23. The Bertz CT molecular complexity index is 854. The molecule has 0 saturated carbocycles. The summed E-state index contributed by atoms with van der Waals surface area (Å²) in [6, 6.07) is 8.72. The highest BCUT2D eigenvalue weighted by molar-refractivity contribution is 9.10. The molecule has 0 atom stereocenters. The van der Waals surface area contributed by atoms with Gasteiger partial charge in [0.1, 0.15) is 5.69 Å². The molecular weight excluding hydrogens is 388 g/mol. The highest BCUT2D eigenvalue weighted by atomic mass is 79.9. The maximum Gasteiger partial charge on any atom is 0.292 e. The second-order valence-electron chi connectivity index (χ2n) is 5.78. The second kappa shape index (κ2) is 7.10. The zero-order chi connectivity index (χ0) is 18.0. The van der Waals surface area contributed by atoms with Crippen LogP contribution in [0.1, 0.15) is 11.1 Å². The van der Waals surface area contributed by atoms with Crippen molar-refractivity contribution >= 4 is 44.6 Å². The summed E-state index contributed by atoms with van der Waals surface area (Å²) < 4.78 is 0.934. The summed E-state index contributed by atoms with van der Waals surface area (Å²) in [5, 5.41) is 20.2. The second-order valence-corrected chi connectivity index (χ2v) is 6.70. The molecule has 130 valence electrons. The van der Waals surface area contributed by atoms with E-state index in [9.17, 15) is 14.9 Å². The van der Waals surface area contributed by atoms with E-state index in [1.807, 2.05) is 25.1 Å². The molecule has 0 bridgehead atoms. The van der Waals surface area contributed by atoms with E-state index in [1.54, 1.807) is 6.07 Å². The summed E-state index contributed by atoms with van der Waals surface area (Å²) in [6.45, 7) is 2.58. The number of fused-ring (bicyclic) bond motifs is 1. The minimum atomic E-state index is -0.433. The maximum absolute atomic E-state index is 12.2. The molecular formula is C17H17BrN4O3. The van der Waals surface area contributed by atoms with Gasteiger partial charge >= 0.3 is 0 Å². The van der Waals surface area contributed by atoms with Gasteiger partial charge < -0.3 is 16.0 Å².